The SMILES string of the molecule is COc1ncc(CN2CCCN(C(=O)CCc3ccc(F)cc3)CC2)cn1. The van der Waals surface area contributed by atoms with Crippen molar-refractivity contribution in [1.29, 1.82) is 0 Å². The molecule has 1 fully saturated rings. The summed E-state index contributed by atoms with van der Waals surface area (Å²) >= 11 is 0. The molecule has 144 valence electrons. The summed E-state index contributed by atoms with van der Waals surface area (Å²) in [6.45, 7) is 4.03. The van der Waals surface area contributed by atoms with Crippen LogP contribution in [0.4, 0.5) is 4.39 Å². The average molecular weight is 372 g/mol. The highest BCUT2D eigenvalue weighted by Gasteiger charge is 2.19. The minimum absolute atomic E-state index is 0.161. The molecule has 0 N–H and O–H groups in total. The van der Waals surface area contributed by atoms with E-state index in [-0.39, 0.29) is 11.7 Å². The summed E-state index contributed by atoms with van der Waals surface area (Å²) in [5, 5.41) is 0. The first-order valence-corrected chi connectivity index (χ1v) is 9.23. The molecule has 27 heavy (non-hydrogen) atoms. The average Bonchev–Trinajstić information content (AvgIpc) is 2.93. The molecule has 2 aromatic rings. The number of carbonyl (C=O) groups excluding carboxylic acids is 1. The monoisotopic (exact) mass is 372 g/mol. The van der Waals surface area contributed by atoms with Crippen molar-refractivity contribution in [2.75, 3.05) is 33.3 Å². The first-order chi connectivity index (χ1) is 13.1. The molecular formula is C20H25FN4O2. The Kier molecular flexibility index (Phi) is 6.70. The first kappa shape index (κ1) is 19.2. The molecule has 6 nitrogen and oxygen atoms in total. The summed E-state index contributed by atoms with van der Waals surface area (Å²) in [5.74, 6) is -0.0890. The molecule has 0 aliphatic carbocycles. The zero-order valence-corrected chi connectivity index (χ0v) is 15.6. The molecule has 1 aromatic carbocycles. The van der Waals surface area contributed by atoms with E-state index in [4.69, 9.17) is 4.74 Å². The minimum atomic E-state index is -0.250. The van der Waals surface area contributed by atoms with Crippen molar-refractivity contribution < 1.29 is 13.9 Å². The molecule has 7 heteroatoms. The topological polar surface area (TPSA) is 58.6 Å². The smallest absolute Gasteiger partial charge is 0.316 e. The summed E-state index contributed by atoms with van der Waals surface area (Å²) in [7, 11) is 1.55. The van der Waals surface area contributed by atoms with E-state index in [1.165, 1.54) is 12.1 Å². The van der Waals surface area contributed by atoms with E-state index in [0.717, 1.165) is 50.3 Å². The summed E-state index contributed by atoms with van der Waals surface area (Å²) in [5.41, 5.74) is 2.02. The van der Waals surface area contributed by atoms with Gasteiger partial charge in [0.2, 0.25) is 5.91 Å². The highest BCUT2D eigenvalue weighted by atomic mass is 19.1. The summed E-state index contributed by atoms with van der Waals surface area (Å²) in [6.07, 6.45) is 5.60. The van der Waals surface area contributed by atoms with E-state index in [2.05, 4.69) is 14.9 Å². The van der Waals surface area contributed by atoms with Gasteiger partial charge in [0, 0.05) is 57.1 Å². The van der Waals surface area contributed by atoms with Gasteiger partial charge in [-0.3, -0.25) is 9.69 Å². The number of aromatic nitrogens is 2. The molecule has 0 atom stereocenters. The quantitative estimate of drug-likeness (QED) is 0.779. The normalized spacial score (nSPS) is 15.4. The van der Waals surface area contributed by atoms with Crippen LogP contribution >= 0.6 is 0 Å². The number of methoxy groups -OCH3 is 1. The molecule has 0 spiro atoms. The number of nitrogens with zero attached hydrogens (tertiary/aromatic N) is 4. The van der Waals surface area contributed by atoms with Crippen LogP contribution in [0.25, 0.3) is 0 Å². The molecule has 2 heterocycles. The molecule has 0 saturated carbocycles. The first-order valence-electron chi connectivity index (χ1n) is 9.23. The van der Waals surface area contributed by atoms with Crippen LogP contribution in [0.15, 0.2) is 36.7 Å². The van der Waals surface area contributed by atoms with Gasteiger partial charge in [0.05, 0.1) is 7.11 Å². The second kappa shape index (κ2) is 9.41. The number of carbonyl (C=O) groups is 1. The Hall–Kier alpha value is -2.54. The maximum atomic E-state index is 13.0. The molecule has 3 rings (SSSR count). The molecule has 0 bridgehead atoms. The van der Waals surface area contributed by atoms with Gasteiger partial charge < -0.3 is 9.64 Å². The Morgan fingerprint density at radius 1 is 1.07 bits per heavy atom. The molecule has 0 radical (unpaired) electrons. The third-order valence-electron chi connectivity index (χ3n) is 4.75. The van der Waals surface area contributed by atoms with Gasteiger partial charge in [-0.1, -0.05) is 12.1 Å². The van der Waals surface area contributed by atoms with Gasteiger partial charge in [0.1, 0.15) is 5.82 Å². The fraction of sp³-hybridized carbons (Fsp3) is 0.450. The molecule has 1 aromatic heterocycles. The van der Waals surface area contributed by atoms with Crippen LogP contribution in [0.2, 0.25) is 0 Å². The predicted molar refractivity (Wildman–Crippen MR) is 99.8 cm³/mol. The third kappa shape index (κ3) is 5.72. The maximum absolute atomic E-state index is 13.0. The van der Waals surface area contributed by atoms with Crippen LogP contribution in [-0.2, 0) is 17.8 Å². The van der Waals surface area contributed by atoms with Crippen molar-refractivity contribution in [3.63, 3.8) is 0 Å². The lowest BCUT2D eigenvalue weighted by Gasteiger charge is -2.22. The predicted octanol–water partition coefficient (Wildman–Crippen LogP) is 2.29. The van der Waals surface area contributed by atoms with Gasteiger partial charge in [-0.05, 0) is 30.5 Å². The van der Waals surface area contributed by atoms with Crippen LogP contribution in [0.1, 0.15) is 24.0 Å². The number of benzene rings is 1. The van der Waals surface area contributed by atoms with E-state index < -0.39 is 0 Å². The lowest BCUT2D eigenvalue weighted by atomic mass is 10.1. The van der Waals surface area contributed by atoms with Gasteiger partial charge in [0.25, 0.3) is 0 Å². The van der Waals surface area contributed by atoms with Crippen molar-refractivity contribution in [1.82, 2.24) is 19.8 Å². The number of hydrogen-bond donors (Lipinski definition) is 0. The van der Waals surface area contributed by atoms with Crippen molar-refractivity contribution in [3.8, 4) is 6.01 Å². The fourth-order valence-corrected chi connectivity index (χ4v) is 3.23. The van der Waals surface area contributed by atoms with Gasteiger partial charge in [-0.25, -0.2) is 14.4 Å². The van der Waals surface area contributed by atoms with Gasteiger partial charge in [-0.15, -0.1) is 0 Å². The lowest BCUT2D eigenvalue weighted by molar-refractivity contribution is -0.131. The highest BCUT2D eigenvalue weighted by molar-refractivity contribution is 5.76. The van der Waals surface area contributed by atoms with Crippen molar-refractivity contribution in [3.05, 3.63) is 53.6 Å². The summed E-state index contributed by atoms with van der Waals surface area (Å²) in [4.78, 5) is 25.1. The number of hydrogen-bond acceptors (Lipinski definition) is 5. The summed E-state index contributed by atoms with van der Waals surface area (Å²) in [6, 6.07) is 6.72. The maximum Gasteiger partial charge on any atom is 0.316 e. The molecule has 1 aliphatic rings. The number of rotatable bonds is 6. The Bertz CT molecular complexity index is 737. The number of aryl methyl sites for hydroxylation is 1. The van der Waals surface area contributed by atoms with E-state index in [9.17, 15) is 9.18 Å². The second-order valence-corrected chi connectivity index (χ2v) is 6.71. The molecule has 1 amide bonds. The standard InChI is InChI=1S/C20H25FN4O2/c1-27-20-22-13-17(14-23-20)15-24-9-2-10-25(12-11-24)19(26)8-5-16-3-6-18(21)7-4-16/h3-4,6-7,13-14H,2,5,8-12,15H2,1H3. The van der Waals surface area contributed by atoms with Crippen LogP contribution in [0, 0.1) is 5.82 Å². The lowest BCUT2D eigenvalue weighted by Crippen LogP contribution is -2.35. The number of ether oxygens (including phenoxy) is 1. The minimum Gasteiger partial charge on any atom is -0.467 e. The Labute approximate surface area is 159 Å². The molecule has 0 unspecified atom stereocenters. The summed E-state index contributed by atoms with van der Waals surface area (Å²) < 4.78 is 17.9. The van der Waals surface area contributed by atoms with Crippen LogP contribution in [-0.4, -0.2) is 59.0 Å². The molecule has 1 aliphatic heterocycles. The van der Waals surface area contributed by atoms with Crippen molar-refractivity contribution in [2.24, 2.45) is 0 Å². The Balaban J connectivity index is 1.46. The highest BCUT2D eigenvalue weighted by Crippen LogP contribution is 2.12. The van der Waals surface area contributed by atoms with Crippen molar-refractivity contribution in [2.45, 2.75) is 25.8 Å². The second-order valence-electron chi connectivity index (χ2n) is 6.71. The van der Waals surface area contributed by atoms with Crippen molar-refractivity contribution >= 4 is 5.91 Å². The van der Waals surface area contributed by atoms with E-state index in [1.807, 2.05) is 4.90 Å². The molecular weight excluding hydrogens is 347 g/mol. The Morgan fingerprint density at radius 3 is 2.52 bits per heavy atom. The van der Waals surface area contributed by atoms with E-state index >= 15 is 0 Å². The van der Waals surface area contributed by atoms with Crippen LogP contribution in [0.5, 0.6) is 6.01 Å². The van der Waals surface area contributed by atoms with E-state index in [1.54, 1.807) is 31.6 Å². The van der Waals surface area contributed by atoms with Gasteiger partial charge >= 0.3 is 6.01 Å². The van der Waals surface area contributed by atoms with Crippen LogP contribution < -0.4 is 4.74 Å². The van der Waals surface area contributed by atoms with Crippen LogP contribution in [0.3, 0.4) is 0 Å². The number of halogens is 1. The van der Waals surface area contributed by atoms with Gasteiger partial charge in [-0.2, -0.15) is 0 Å². The van der Waals surface area contributed by atoms with E-state index in [0.29, 0.717) is 18.9 Å². The fourth-order valence-electron chi connectivity index (χ4n) is 3.23. The molecule has 1 saturated heterocycles. The zero-order chi connectivity index (χ0) is 19.1. The third-order valence-corrected chi connectivity index (χ3v) is 4.75. The Morgan fingerprint density at radius 2 is 1.81 bits per heavy atom. The largest absolute Gasteiger partial charge is 0.467 e. The zero-order valence-electron chi connectivity index (χ0n) is 15.6. The number of amides is 1. The van der Waals surface area contributed by atoms with Gasteiger partial charge in [0.15, 0.2) is 0 Å².